The van der Waals surface area contributed by atoms with Crippen LogP contribution in [0.1, 0.15) is 130 Å². The molecule has 0 saturated heterocycles. The van der Waals surface area contributed by atoms with Gasteiger partial charge in [0.2, 0.25) is 0 Å². The Kier molecular flexibility index (Phi) is 12.5. The molecule has 0 saturated carbocycles. The highest BCUT2D eigenvalue weighted by Gasteiger charge is 2.36. The Hall–Kier alpha value is -5.12. The van der Waals surface area contributed by atoms with E-state index in [4.69, 9.17) is 0 Å². The van der Waals surface area contributed by atoms with Crippen molar-refractivity contribution in [3.63, 3.8) is 0 Å². The molecule has 0 aromatic heterocycles. The Morgan fingerprint density at radius 2 is 0.789 bits per heavy atom. The number of hydrogen-bond acceptors (Lipinski definition) is 3. The number of hydrogen-bond donors (Lipinski definition) is 2. The molecule has 3 nitrogen and oxygen atoms in total. The summed E-state index contributed by atoms with van der Waals surface area (Å²) >= 11 is 0. The molecule has 0 aliphatic rings. The molecule has 0 radical (unpaired) electrons. The van der Waals surface area contributed by atoms with Gasteiger partial charge in [-0.2, -0.15) is 0 Å². The third-order valence-corrected chi connectivity index (χ3v) is 12.3. The minimum absolute atomic E-state index is 0.209. The normalized spacial score (nSPS) is 12.5. The van der Waals surface area contributed by atoms with Crippen LogP contribution < -0.4 is 0 Å². The maximum atomic E-state index is 11.3. The molecular weight excluding hydrogens is 695 g/mol. The Morgan fingerprint density at radius 3 is 1.16 bits per heavy atom. The lowest BCUT2D eigenvalue weighted by molar-refractivity contribution is 0.119. The minimum atomic E-state index is -0.453. The van der Waals surface area contributed by atoms with Crippen molar-refractivity contribution in [2.75, 3.05) is 0 Å². The predicted molar refractivity (Wildman–Crippen MR) is 239 cm³/mol. The zero-order chi connectivity index (χ0) is 41.0. The lowest BCUT2D eigenvalue weighted by Crippen LogP contribution is -2.44. The number of nitrogens with zero attached hydrogens (tertiary/aromatic N) is 1. The van der Waals surface area contributed by atoms with Crippen molar-refractivity contribution in [2.24, 2.45) is 0 Å². The van der Waals surface area contributed by atoms with E-state index < -0.39 is 5.54 Å². The van der Waals surface area contributed by atoms with Crippen molar-refractivity contribution in [1.29, 1.82) is 0 Å². The molecule has 6 aromatic rings. The van der Waals surface area contributed by atoms with Crippen LogP contribution in [0, 0.1) is 0 Å². The molecule has 0 fully saturated rings. The quantitative estimate of drug-likeness (QED) is 0.110. The van der Waals surface area contributed by atoms with Crippen LogP contribution in [0.25, 0.3) is 0 Å². The van der Waals surface area contributed by atoms with Crippen LogP contribution in [0.4, 0.5) is 0 Å². The average molecular weight is 758 g/mol. The van der Waals surface area contributed by atoms with Crippen molar-refractivity contribution in [1.82, 2.24) is 4.90 Å². The van der Waals surface area contributed by atoms with E-state index in [1.165, 1.54) is 33.4 Å². The summed E-state index contributed by atoms with van der Waals surface area (Å²) in [6, 6.07) is 52.3. The molecule has 0 bridgehead atoms. The summed E-state index contributed by atoms with van der Waals surface area (Å²) in [5, 5.41) is 22.5. The van der Waals surface area contributed by atoms with Crippen molar-refractivity contribution in [3.05, 3.63) is 201 Å². The van der Waals surface area contributed by atoms with Crippen LogP contribution in [0.5, 0.6) is 11.5 Å². The molecule has 6 aromatic carbocycles. The van der Waals surface area contributed by atoms with Gasteiger partial charge in [-0.3, -0.25) is 4.90 Å². The van der Waals surface area contributed by atoms with Crippen molar-refractivity contribution in [2.45, 2.75) is 116 Å². The number of benzene rings is 6. The van der Waals surface area contributed by atoms with Crippen molar-refractivity contribution >= 4 is 0 Å². The highest BCUT2D eigenvalue weighted by atomic mass is 16.3. The first-order valence-corrected chi connectivity index (χ1v) is 20.8. The fraction of sp³-hybridized carbons (Fsp3) is 0.333. The predicted octanol–water partition coefficient (Wildman–Crippen LogP) is 13.4. The zero-order valence-corrected chi connectivity index (χ0v) is 35.7. The summed E-state index contributed by atoms with van der Waals surface area (Å²) in [6.45, 7) is 21.5. The third-order valence-electron chi connectivity index (χ3n) is 12.3. The van der Waals surface area contributed by atoms with E-state index >= 15 is 0 Å². The first-order valence-electron chi connectivity index (χ1n) is 20.8. The molecular formula is C54H63NO2. The van der Waals surface area contributed by atoms with Crippen LogP contribution in [0.2, 0.25) is 0 Å². The number of phenolic OH excluding ortho intramolecular Hbond substituents is 2. The molecule has 0 amide bonds. The Morgan fingerprint density at radius 1 is 0.439 bits per heavy atom. The summed E-state index contributed by atoms with van der Waals surface area (Å²) in [4.78, 5) is 2.63. The maximum absolute atomic E-state index is 11.3. The molecule has 0 aliphatic heterocycles. The highest BCUT2D eigenvalue weighted by Crippen LogP contribution is 2.41. The average Bonchev–Trinajstić information content (AvgIpc) is 3.19. The standard InChI is InChI=1S/C54H63NO2/c1-38(2)48-30-18-22-42(50(48)56)34-52(5,6)46-28-16-20-40(32-46)36-55(54(9,44-24-12-10-13-25-44)45-26-14-11-15-27-45)37-41-21-17-29-47(33-41)53(7,8)35-43-23-19-31-49(39(3)4)51(43)57/h10-33,38-39,56-57H,34-37H2,1-9H3. The van der Waals surface area contributed by atoms with Crippen LogP contribution in [-0.4, -0.2) is 15.1 Å². The highest BCUT2D eigenvalue weighted by molar-refractivity contribution is 5.46. The molecule has 6 rings (SSSR count). The molecule has 0 spiro atoms. The van der Waals surface area contributed by atoms with Gasteiger partial charge in [-0.05, 0) is 98.1 Å². The molecule has 0 aliphatic carbocycles. The third kappa shape index (κ3) is 9.21. The van der Waals surface area contributed by atoms with E-state index in [1.54, 1.807) is 0 Å². The Balaban J connectivity index is 1.39. The van der Waals surface area contributed by atoms with E-state index in [1.807, 2.05) is 12.1 Å². The second-order valence-electron chi connectivity index (χ2n) is 18.2. The van der Waals surface area contributed by atoms with E-state index in [-0.39, 0.29) is 22.7 Å². The molecule has 296 valence electrons. The van der Waals surface area contributed by atoms with Gasteiger partial charge in [-0.25, -0.2) is 0 Å². The molecule has 0 unspecified atom stereocenters. The molecule has 0 heterocycles. The van der Waals surface area contributed by atoms with Gasteiger partial charge < -0.3 is 10.2 Å². The van der Waals surface area contributed by atoms with Gasteiger partial charge in [0, 0.05) is 13.1 Å². The van der Waals surface area contributed by atoms with E-state index in [0.29, 0.717) is 11.5 Å². The van der Waals surface area contributed by atoms with Crippen molar-refractivity contribution in [3.8, 4) is 11.5 Å². The maximum Gasteiger partial charge on any atom is 0.122 e. The first-order chi connectivity index (χ1) is 27.1. The summed E-state index contributed by atoms with van der Waals surface area (Å²) in [5.41, 5.74) is 10.6. The molecule has 3 heteroatoms. The zero-order valence-electron chi connectivity index (χ0n) is 35.7. The SMILES string of the molecule is CC(C)c1cccc(CC(C)(C)c2cccc(CN(Cc3cccc(C(C)(C)Cc4cccc(C(C)C)c4O)c3)C(C)(c3ccccc3)c3ccccc3)c2)c1O. The fourth-order valence-electron chi connectivity index (χ4n) is 8.65. The van der Waals surface area contributed by atoms with Crippen LogP contribution >= 0.6 is 0 Å². The molecule has 0 atom stereocenters. The smallest absolute Gasteiger partial charge is 0.122 e. The van der Waals surface area contributed by atoms with E-state index in [9.17, 15) is 10.2 Å². The molecule has 2 N–H and O–H groups in total. The number of rotatable bonds is 15. The minimum Gasteiger partial charge on any atom is -0.507 e. The topological polar surface area (TPSA) is 43.7 Å². The number of para-hydroxylation sites is 2. The van der Waals surface area contributed by atoms with Gasteiger partial charge >= 0.3 is 0 Å². The van der Waals surface area contributed by atoms with Gasteiger partial charge in [0.1, 0.15) is 11.5 Å². The van der Waals surface area contributed by atoms with Gasteiger partial charge in [-0.1, -0.05) is 201 Å². The lowest BCUT2D eigenvalue weighted by atomic mass is 9.77. The number of aromatic hydroxyl groups is 2. The van der Waals surface area contributed by atoms with Gasteiger partial charge in [-0.15, -0.1) is 0 Å². The lowest BCUT2D eigenvalue weighted by Gasteiger charge is -2.43. The second-order valence-corrected chi connectivity index (χ2v) is 18.2. The summed E-state index contributed by atoms with van der Waals surface area (Å²) in [5.74, 6) is 1.37. The van der Waals surface area contributed by atoms with Gasteiger partial charge in [0.05, 0.1) is 5.54 Å². The van der Waals surface area contributed by atoms with Gasteiger partial charge in [0.15, 0.2) is 0 Å². The van der Waals surface area contributed by atoms with Crippen LogP contribution in [0.3, 0.4) is 0 Å². The summed E-state index contributed by atoms with van der Waals surface area (Å²) < 4.78 is 0. The van der Waals surface area contributed by atoms with E-state index in [0.717, 1.165) is 48.2 Å². The second kappa shape index (κ2) is 17.2. The Bertz CT molecular complexity index is 2090. The van der Waals surface area contributed by atoms with Crippen LogP contribution in [-0.2, 0) is 42.3 Å². The Labute approximate surface area is 343 Å². The largest absolute Gasteiger partial charge is 0.507 e. The summed E-state index contributed by atoms with van der Waals surface area (Å²) in [7, 11) is 0. The molecule has 57 heavy (non-hydrogen) atoms. The summed E-state index contributed by atoms with van der Waals surface area (Å²) in [6.07, 6.45) is 1.47. The number of phenols is 2. The van der Waals surface area contributed by atoms with Gasteiger partial charge in [0.25, 0.3) is 0 Å². The van der Waals surface area contributed by atoms with E-state index in [2.05, 4.69) is 201 Å². The van der Waals surface area contributed by atoms with Crippen LogP contribution in [0.15, 0.2) is 146 Å². The first kappa shape index (κ1) is 41.5. The monoisotopic (exact) mass is 757 g/mol. The van der Waals surface area contributed by atoms with Crippen molar-refractivity contribution < 1.29 is 10.2 Å². The fourth-order valence-corrected chi connectivity index (χ4v) is 8.65.